The third kappa shape index (κ3) is 7.08. The molecule has 32 heavy (non-hydrogen) atoms. The molecular weight excluding hydrogens is 418 g/mol. The zero-order chi connectivity index (χ0) is 23.7. The van der Waals surface area contributed by atoms with E-state index in [0.29, 0.717) is 0 Å². The molecule has 2 N–H and O–H groups in total. The summed E-state index contributed by atoms with van der Waals surface area (Å²) in [7, 11) is 1.31. The molecule has 2 rings (SSSR count). The lowest BCUT2D eigenvalue weighted by Crippen LogP contribution is -2.46. The molecule has 0 spiro atoms. The Morgan fingerprint density at radius 3 is 2.34 bits per heavy atom. The van der Waals surface area contributed by atoms with Crippen molar-refractivity contribution in [2.24, 2.45) is 5.92 Å². The van der Waals surface area contributed by atoms with Gasteiger partial charge >= 0.3 is 5.97 Å². The van der Waals surface area contributed by atoms with E-state index in [0.717, 1.165) is 5.56 Å². The summed E-state index contributed by atoms with van der Waals surface area (Å²) >= 11 is 0. The van der Waals surface area contributed by atoms with Crippen LogP contribution >= 0.6 is 0 Å². The van der Waals surface area contributed by atoms with Gasteiger partial charge in [-0.15, -0.1) is 0 Å². The predicted molar refractivity (Wildman–Crippen MR) is 116 cm³/mol. The summed E-state index contributed by atoms with van der Waals surface area (Å²) in [6.07, 6.45) is 0.109. The van der Waals surface area contributed by atoms with Crippen molar-refractivity contribution in [1.82, 2.24) is 5.32 Å². The van der Waals surface area contributed by atoms with Crippen LogP contribution in [-0.2, 0) is 25.5 Å². The minimum atomic E-state index is -0.923. The third-order valence-electron chi connectivity index (χ3n) is 4.46. The van der Waals surface area contributed by atoms with Gasteiger partial charge in [0.05, 0.1) is 30.2 Å². The summed E-state index contributed by atoms with van der Waals surface area (Å²) in [5.74, 6) is -1.92. The molecule has 1 atom stereocenters. The predicted octanol–water partition coefficient (Wildman–Crippen LogP) is 2.47. The van der Waals surface area contributed by atoms with E-state index in [2.05, 4.69) is 10.6 Å². The second-order valence-corrected chi connectivity index (χ2v) is 7.25. The highest BCUT2D eigenvalue weighted by atomic mass is 16.6. The minimum absolute atomic E-state index is 0.0899. The van der Waals surface area contributed by atoms with Crippen LogP contribution in [0.1, 0.15) is 19.4 Å². The van der Waals surface area contributed by atoms with Gasteiger partial charge in [-0.1, -0.05) is 44.2 Å². The number of non-ortho nitro benzene ring substituents is 1. The van der Waals surface area contributed by atoms with Gasteiger partial charge < -0.3 is 20.1 Å². The zero-order valence-corrected chi connectivity index (χ0v) is 18.0. The minimum Gasteiger partial charge on any atom is -0.494 e. The van der Waals surface area contributed by atoms with Gasteiger partial charge in [0.15, 0.2) is 6.61 Å². The highest BCUT2D eigenvalue weighted by molar-refractivity contribution is 5.95. The van der Waals surface area contributed by atoms with Gasteiger partial charge in [0.1, 0.15) is 11.8 Å². The average Bonchev–Trinajstić information content (AvgIpc) is 2.76. The van der Waals surface area contributed by atoms with E-state index >= 15 is 0 Å². The fourth-order valence-corrected chi connectivity index (χ4v) is 2.81. The zero-order valence-electron chi connectivity index (χ0n) is 18.0. The molecular formula is C22H25N3O7. The number of nitrogens with zero attached hydrogens (tertiary/aromatic N) is 1. The van der Waals surface area contributed by atoms with Crippen molar-refractivity contribution in [1.29, 1.82) is 0 Å². The molecule has 1 unspecified atom stereocenters. The number of benzene rings is 2. The molecule has 0 aliphatic rings. The van der Waals surface area contributed by atoms with Crippen LogP contribution in [0.15, 0.2) is 48.5 Å². The lowest BCUT2D eigenvalue weighted by molar-refractivity contribution is -0.384. The summed E-state index contributed by atoms with van der Waals surface area (Å²) in [6.45, 7) is 2.89. The first-order chi connectivity index (χ1) is 15.2. The third-order valence-corrected chi connectivity index (χ3v) is 4.46. The second-order valence-electron chi connectivity index (χ2n) is 7.25. The number of nitro benzene ring substituents is 1. The second kappa shape index (κ2) is 11.4. The summed E-state index contributed by atoms with van der Waals surface area (Å²) < 4.78 is 10.1. The van der Waals surface area contributed by atoms with Crippen LogP contribution in [0.25, 0.3) is 0 Å². The number of ether oxygens (including phenoxy) is 2. The Kier molecular flexibility index (Phi) is 8.70. The van der Waals surface area contributed by atoms with Gasteiger partial charge in [-0.3, -0.25) is 19.7 Å². The summed E-state index contributed by atoms with van der Waals surface area (Å²) in [4.78, 5) is 47.2. The Labute approximate surface area is 185 Å². The Bertz CT molecular complexity index is 977. The van der Waals surface area contributed by atoms with Crippen molar-refractivity contribution in [3.05, 3.63) is 64.2 Å². The van der Waals surface area contributed by atoms with Gasteiger partial charge in [-0.2, -0.15) is 0 Å². The average molecular weight is 443 g/mol. The number of methoxy groups -OCH3 is 1. The fraction of sp³-hybridized carbons (Fsp3) is 0.318. The van der Waals surface area contributed by atoms with Crippen molar-refractivity contribution < 1.29 is 28.8 Å². The standard InChI is InChI=1S/C22H25N3O7/c1-14(2)21(24-19(26)11-15-7-5-4-6-8-15)22(28)32-13-20(27)23-17-10-9-16(25(29)30)12-18(17)31-3/h4-10,12,14,21H,11,13H2,1-3H3,(H,23,27)(H,24,26). The quantitative estimate of drug-likeness (QED) is 0.327. The number of esters is 1. The molecule has 0 aromatic heterocycles. The first-order valence-electron chi connectivity index (χ1n) is 9.83. The van der Waals surface area contributed by atoms with Gasteiger partial charge in [0.25, 0.3) is 11.6 Å². The molecule has 0 fully saturated rings. The summed E-state index contributed by atoms with van der Waals surface area (Å²) in [5.41, 5.74) is 0.797. The molecule has 0 aliphatic carbocycles. The topological polar surface area (TPSA) is 137 Å². The number of carbonyl (C=O) groups is 3. The number of anilines is 1. The molecule has 0 saturated heterocycles. The number of nitro groups is 1. The van der Waals surface area contributed by atoms with Crippen LogP contribution in [0.3, 0.4) is 0 Å². The maximum absolute atomic E-state index is 12.5. The van der Waals surface area contributed by atoms with Crippen molar-refractivity contribution in [3.8, 4) is 5.75 Å². The molecule has 2 aromatic rings. The van der Waals surface area contributed by atoms with Crippen LogP contribution in [0.4, 0.5) is 11.4 Å². The SMILES string of the molecule is COc1cc([N+](=O)[O-])ccc1NC(=O)COC(=O)C(NC(=O)Cc1ccccc1)C(C)C. The van der Waals surface area contributed by atoms with Crippen LogP contribution in [0, 0.1) is 16.0 Å². The van der Waals surface area contributed by atoms with E-state index in [9.17, 15) is 24.5 Å². The normalized spacial score (nSPS) is 11.4. The monoisotopic (exact) mass is 443 g/mol. The number of hydrogen-bond donors (Lipinski definition) is 2. The molecule has 0 heterocycles. The maximum atomic E-state index is 12.5. The Morgan fingerprint density at radius 2 is 1.75 bits per heavy atom. The van der Waals surface area contributed by atoms with E-state index < -0.39 is 29.4 Å². The molecule has 0 aliphatic heterocycles. The Hall–Kier alpha value is -3.95. The van der Waals surface area contributed by atoms with E-state index in [1.165, 1.54) is 25.3 Å². The van der Waals surface area contributed by atoms with Gasteiger partial charge in [0.2, 0.25) is 5.91 Å². The summed E-state index contributed by atoms with van der Waals surface area (Å²) in [5, 5.41) is 16.0. The number of hydrogen-bond acceptors (Lipinski definition) is 7. The van der Waals surface area contributed by atoms with Crippen molar-refractivity contribution in [2.75, 3.05) is 19.0 Å². The lowest BCUT2D eigenvalue weighted by atomic mass is 10.0. The van der Waals surface area contributed by atoms with Gasteiger partial charge in [-0.25, -0.2) is 4.79 Å². The molecule has 10 nitrogen and oxygen atoms in total. The molecule has 10 heteroatoms. The van der Waals surface area contributed by atoms with Crippen LogP contribution in [-0.4, -0.2) is 42.5 Å². The summed E-state index contributed by atoms with van der Waals surface area (Å²) in [6, 6.07) is 11.8. The number of carbonyl (C=O) groups excluding carboxylic acids is 3. The largest absolute Gasteiger partial charge is 0.494 e. The molecule has 170 valence electrons. The van der Waals surface area contributed by atoms with E-state index in [1.54, 1.807) is 26.0 Å². The Balaban J connectivity index is 1.93. The molecule has 0 radical (unpaired) electrons. The molecule has 0 saturated carbocycles. The van der Waals surface area contributed by atoms with Crippen LogP contribution < -0.4 is 15.4 Å². The number of nitrogens with one attached hydrogen (secondary N) is 2. The smallest absolute Gasteiger partial charge is 0.329 e. The maximum Gasteiger partial charge on any atom is 0.329 e. The molecule has 0 bridgehead atoms. The fourth-order valence-electron chi connectivity index (χ4n) is 2.81. The Morgan fingerprint density at radius 1 is 1.06 bits per heavy atom. The van der Waals surface area contributed by atoms with Crippen molar-refractivity contribution in [3.63, 3.8) is 0 Å². The van der Waals surface area contributed by atoms with Gasteiger partial charge in [0, 0.05) is 6.07 Å². The van der Waals surface area contributed by atoms with Crippen molar-refractivity contribution >= 4 is 29.2 Å². The lowest BCUT2D eigenvalue weighted by Gasteiger charge is -2.21. The van der Waals surface area contributed by atoms with E-state index in [1.807, 2.05) is 18.2 Å². The number of rotatable bonds is 10. The highest BCUT2D eigenvalue weighted by Gasteiger charge is 2.26. The molecule has 2 aromatic carbocycles. The van der Waals surface area contributed by atoms with E-state index in [4.69, 9.17) is 9.47 Å². The van der Waals surface area contributed by atoms with Crippen molar-refractivity contribution in [2.45, 2.75) is 26.3 Å². The highest BCUT2D eigenvalue weighted by Crippen LogP contribution is 2.28. The van der Waals surface area contributed by atoms with Crippen LogP contribution in [0.5, 0.6) is 5.75 Å². The van der Waals surface area contributed by atoms with E-state index in [-0.39, 0.29) is 35.4 Å². The first kappa shape index (κ1) is 24.3. The first-order valence-corrected chi connectivity index (χ1v) is 9.83. The van der Waals surface area contributed by atoms with Crippen LogP contribution in [0.2, 0.25) is 0 Å². The number of amides is 2. The van der Waals surface area contributed by atoms with Gasteiger partial charge in [-0.05, 0) is 17.5 Å². The molecule has 2 amide bonds.